The van der Waals surface area contributed by atoms with Crippen LogP contribution in [0.25, 0.3) is 5.70 Å². The highest BCUT2D eigenvalue weighted by atomic mass is 32.2. The van der Waals surface area contributed by atoms with Gasteiger partial charge in [-0.1, -0.05) is 65.9 Å². The average molecular weight is 532 g/mol. The number of rotatable bonds is 8. The van der Waals surface area contributed by atoms with Crippen molar-refractivity contribution in [3.8, 4) is 0 Å². The van der Waals surface area contributed by atoms with Gasteiger partial charge in [0.15, 0.2) is 5.17 Å². The number of esters is 1. The van der Waals surface area contributed by atoms with Crippen molar-refractivity contribution in [2.24, 2.45) is 4.99 Å². The molecule has 2 aromatic carbocycles. The van der Waals surface area contributed by atoms with Crippen molar-refractivity contribution >= 4 is 34.5 Å². The molecule has 1 N–H and O–H groups in total. The predicted molar refractivity (Wildman–Crippen MR) is 150 cm³/mol. The van der Waals surface area contributed by atoms with E-state index >= 15 is 0 Å². The summed E-state index contributed by atoms with van der Waals surface area (Å²) < 4.78 is 11.3. The highest BCUT2D eigenvalue weighted by Gasteiger charge is 2.42. The van der Waals surface area contributed by atoms with Gasteiger partial charge in [-0.2, -0.15) is 0 Å². The molecular formula is C30H33N3O4S. The van der Waals surface area contributed by atoms with Crippen LogP contribution in [-0.2, 0) is 19.1 Å². The molecule has 198 valence electrons. The Balaban J connectivity index is 1.55. The number of hydrogen-bond acceptors (Lipinski definition) is 7. The summed E-state index contributed by atoms with van der Waals surface area (Å²) in [6.07, 6.45) is 2.25. The molecule has 1 saturated heterocycles. The first-order chi connectivity index (χ1) is 18.5. The normalized spacial score (nSPS) is 20.7. The van der Waals surface area contributed by atoms with Gasteiger partial charge in [0, 0.05) is 24.4 Å². The lowest BCUT2D eigenvalue weighted by molar-refractivity contribution is -0.139. The van der Waals surface area contributed by atoms with E-state index in [9.17, 15) is 9.59 Å². The van der Waals surface area contributed by atoms with E-state index in [0.717, 1.165) is 52.6 Å². The van der Waals surface area contributed by atoms with Gasteiger partial charge in [-0.05, 0) is 50.1 Å². The monoisotopic (exact) mass is 531 g/mol. The van der Waals surface area contributed by atoms with Crippen LogP contribution in [0.5, 0.6) is 0 Å². The largest absolute Gasteiger partial charge is 0.463 e. The Morgan fingerprint density at radius 3 is 2.71 bits per heavy atom. The van der Waals surface area contributed by atoms with E-state index in [1.165, 1.54) is 11.8 Å². The minimum Gasteiger partial charge on any atom is -0.463 e. The highest BCUT2D eigenvalue weighted by Crippen LogP contribution is 2.47. The lowest BCUT2D eigenvalue weighted by Crippen LogP contribution is -2.39. The van der Waals surface area contributed by atoms with Crippen molar-refractivity contribution < 1.29 is 19.1 Å². The minimum absolute atomic E-state index is 0.0766. The van der Waals surface area contributed by atoms with Gasteiger partial charge in [0.25, 0.3) is 0 Å². The molecule has 3 aliphatic rings. The molecule has 2 aromatic rings. The van der Waals surface area contributed by atoms with Gasteiger partial charge in [0.05, 0.1) is 36.4 Å². The van der Waals surface area contributed by atoms with Crippen molar-refractivity contribution in [2.75, 3.05) is 19.8 Å². The topological polar surface area (TPSA) is 80.2 Å². The van der Waals surface area contributed by atoms with Gasteiger partial charge >= 0.3 is 5.97 Å². The maximum absolute atomic E-state index is 13.6. The first kappa shape index (κ1) is 26.3. The van der Waals surface area contributed by atoms with E-state index < -0.39 is 12.0 Å². The lowest BCUT2D eigenvalue weighted by atomic mass is 9.88. The van der Waals surface area contributed by atoms with E-state index in [-0.39, 0.29) is 25.0 Å². The Hall–Kier alpha value is -3.36. The molecule has 0 bridgehead atoms. The third-order valence-corrected chi connectivity index (χ3v) is 7.85. The molecule has 0 saturated carbocycles. The van der Waals surface area contributed by atoms with Crippen molar-refractivity contribution in [3.05, 3.63) is 87.5 Å². The molecule has 5 rings (SSSR count). The predicted octanol–water partition coefficient (Wildman–Crippen LogP) is 5.26. The minimum atomic E-state index is -0.482. The summed E-state index contributed by atoms with van der Waals surface area (Å²) in [5.74, 6) is -0.485. The van der Waals surface area contributed by atoms with Crippen molar-refractivity contribution in [3.63, 3.8) is 0 Å². The summed E-state index contributed by atoms with van der Waals surface area (Å²) in [6, 6.07) is 15.5. The molecule has 1 amide bonds. The zero-order valence-electron chi connectivity index (χ0n) is 22.0. The number of nitrogens with zero attached hydrogens (tertiary/aromatic N) is 2. The van der Waals surface area contributed by atoms with E-state index in [4.69, 9.17) is 14.5 Å². The Bertz CT molecular complexity index is 1310. The number of nitrogens with one attached hydrogen (secondary N) is 1. The van der Waals surface area contributed by atoms with Crippen LogP contribution < -0.4 is 5.32 Å². The van der Waals surface area contributed by atoms with E-state index in [2.05, 4.69) is 37.4 Å². The fourth-order valence-electron chi connectivity index (χ4n) is 5.18. The Labute approximate surface area is 228 Å². The number of benzene rings is 2. The second kappa shape index (κ2) is 11.6. The number of amidine groups is 1. The molecule has 0 aromatic heterocycles. The molecule has 3 heterocycles. The molecule has 0 spiro atoms. The fraction of sp³-hybridized carbons (Fsp3) is 0.367. The first-order valence-corrected chi connectivity index (χ1v) is 14.0. The van der Waals surface area contributed by atoms with Crippen LogP contribution in [0.1, 0.15) is 54.5 Å². The van der Waals surface area contributed by atoms with Gasteiger partial charge in [0.1, 0.15) is 0 Å². The number of hydrogen-bond donors (Lipinski definition) is 1. The van der Waals surface area contributed by atoms with Crippen molar-refractivity contribution in [1.29, 1.82) is 0 Å². The van der Waals surface area contributed by atoms with Crippen LogP contribution in [-0.4, -0.2) is 47.8 Å². The molecule has 3 aliphatic heterocycles. The van der Waals surface area contributed by atoms with Crippen LogP contribution in [0, 0.1) is 13.8 Å². The number of carbonyl (C=O) groups is 2. The van der Waals surface area contributed by atoms with Gasteiger partial charge in [0.2, 0.25) is 5.91 Å². The first-order valence-electron chi connectivity index (χ1n) is 13.1. The molecule has 38 heavy (non-hydrogen) atoms. The SMILES string of the molecule is CCOC(=O)C1=C(c2ccccc2)N=C2SC=C(CC(=O)NC[C@H]3CCCO3)N2[C@H]1c1ccc(C)cc1C. The van der Waals surface area contributed by atoms with Gasteiger partial charge in [-0.15, -0.1) is 0 Å². The van der Waals surface area contributed by atoms with Crippen LogP contribution in [0.2, 0.25) is 0 Å². The quantitative estimate of drug-likeness (QED) is 0.468. The van der Waals surface area contributed by atoms with E-state index in [0.29, 0.717) is 17.8 Å². The summed E-state index contributed by atoms with van der Waals surface area (Å²) in [4.78, 5) is 33.6. The molecule has 0 radical (unpaired) electrons. The molecule has 0 unspecified atom stereocenters. The van der Waals surface area contributed by atoms with Crippen LogP contribution in [0.3, 0.4) is 0 Å². The molecule has 7 nitrogen and oxygen atoms in total. The Kier molecular flexibility index (Phi) is 8.00. The molecule has 8 heteroatoms. The second-order valence-corrected chi connectivity index (χ2v) is 10.6. The van der Waals surface area contributed by atoms with Crippen molar-refractivity contribution in [1.82, 2.24) is 10.2 Å². The lowest BCUT2D eigenvalue weighted by Gasteiger charge is -2.37. The zero-order valence-corrected chi connectivity index (χ0v) is 22.8. The van der Waals surface area contributed by atoms with Crippen LogP contribution in [0.4, 0.5) is 0 Å². The number of thioether (sulfide) groups is 1. The van der Waals surface area contributed by atoms with Gasteiger partial charge < -0.3 is 19.7 Å². The highest BCUT2D eigenvalue weighted by molar-refractivity contribution is 8.16. The number of fused-ring (bicyclic) bond motifs is 1. The number of aryl methyl sites for hydroxylation is 2. The smallest absolute Gasteiger partial charge is 0.338 e. The Morgan fingerprint density at radius 1 is 1.18 bits per heavy atom. The second-order valence-electron chi connectivity index (χ2n) is 9.72. The molecule has 1 fully saturated rings. The summed E-state index contributed by atoms with van der Waals surface area (Å²) in [5, 5.41) is 5.73. The van der Waals surface area contributed by atoms with Gasteiger partial charge in [-0.25, -0.2) is 9.79 Å². The number of amides is 1. The van der Waals surface area contributed by atoms with Crippen molar-refractivity contribution in [2.45, 2.75) is 52.2 Å². The zero-order chi connectivity index (χ0) is 26.6. The molecule has 2 atom stereocenters. The van der Waals surface area contributed by atoms with Crippen LogP contribution in [0.15, 0.2) is 70.2 Å². The standard InChI is InChI=1S/C30H33N3O4S/c1-4-36-29(35)26-27(21-9-6-5-7-10-21)32-30-33(28(26)24-13-12-19(2)15-20(24)3)22(18-38-30)16-25(34)31-17-23-11-8-14-37-23/h5-7,9-10,12-13,15,18,23,28H,4,8,11,14,16-17H2,1-3H3,(H,31,34)/t23-,28+/m1/s1. The van der Waals surface area contributed by atoms with Gasteiger partial charge in [-0.3, -0.25) is 4.79 Å². The van der Waals surface area contributed by atoms with E-state index in [1.54, 1.807) is 6.92 Å². The summed E-state index contributed by atoms with van der Waals surface area (Å²) in [7, 11) is 0. The van der Waals surface area contributed by atoms with E-state index in [1.807, 2.05) is 40.6 Å². The molecule has 0 aliphatic carbocycles. The fourth-order valence-corrected chi connectivity index (χ4v) is 6.09. The number of ether oxygens (including phenoxy) is 2. The average Bonchev–Trinajstić information content (AvgIpc) is 3.57. The maximum Gasteiger partial charge on any atom is 0.338 e. The molecular weight excluding hydrogens is 498 g/mol. The summed E-state index contributed by atoms with van der Waals surface area (Å²) >= 11 is 1.48. The van der Waals surface area contributed by atoms with Crippen LogP contribution >= 0.6 is 11.8 Å². The summed E-state index contributed by atoms with van der Waals surface area (Å²) in [6.45, 7) is 7.42. The maximum atomic E-state index is 13.6. The number of carbonyl (C=O) groups excluding carboxylic acids is 2. The third-order valence-electron chi connectivity index (χ3n) is 6.97. The summed E-state index contributed by atoms with van der Waals surface area (Å²) in [5.41, 5.74) is 5.91. The number of aliphatic imine (C=N–C) groups is 1. The third kappa shape index (κ3) is 5.42. The Morgan fingerprint density at radius 2 is 2.00 bits per heavy atom.